The molecule has 0 aromatic heterocycles. The van der Waals surface area contributed by atoms with E-state index in [0.717, 1.165) is 11.8 Å². The quantitative estimate of drug-likeness (QED) is 0.352. The summed E-state index contributed by atoms with van der Waals surface area (Å²) in [5, 5.41) is -4.47. The molecule has 0 nitrogen and oxygen atoms in total. The average Bonchev–Trinajstić information content (AvgIpc) is 2.29. The minimum atomic E-state index is -4.33. The Kier molecular flexibility index (Phi) is 6.39. The van der Waals surface area contributed by atoms with Crippen molar-refractivity contribution in [3.05, 3.63) is 24.3 Å². The van der Waals surface area contributed by atoms with Crippen LogP contribution in [0.3, 0.4) is 0 Å². The van der Waals surface area contributed by atoms with E-state index in [2.05, 4.69) is 0 Å². The van der Waals surface area contributed by atoms with Crippen molar-refractivity contribution in [1.29, 1.82) is 0 Å². The molecule has 0 aliphatic rings. The molecule has 0 N–H and O–H groups in total. The normalized spacial score (nSPS) is 13.0. The Bertz CT molecular complexity index is 416. The van der Waals surface area contributed by atoms with Crippen LogP contribution < -0.4 is 0 Å². The standard InChI is InChI=1S/C10H7F7S3/c11-8(12)9(13,14)20-7-3-1-6(2-4-7)18-5-19-10(15,16)17/h1-4,8H,5H2. The van der Waals surface area contributed by atoms with Gasteiger partial charge in [0.15, 0.2) is 0 Å². The van der Waals surface area contributed by atoms with Crippen LogP contribution >= 0.6 is 35.3 Å². The van der Waals surface area contributed by atoms with Crippen LogP contribution in [0.4, 0.5) is 30.7 Å². The first-order valence-electron chi connectivity index (χ1n) is 4.89. The summed E-state index contributed by atoms with van der Waals surface area (Å²) in [5.41, 5.74) is -4.33. The van der Waals surface area contributed by atoms with E-state index < -0.39 is 17.2 Å². The number of hydrogen-bond donors (Lipinski definition) is 0. The highest BCUT2D eigenvalue weighted by Gasteiger charge is 2.41. The van der Waals surface area contributed by atoms with Gasteiger partial charge in [-0.15, -0.1) is 11.8 Å². The number of halogens is 7. The second-order valence-corrected chi connectivity index (χ2v) is 6.96. The van der Waals surface area contributed by atoms with Gasteiger partial charge in [-0.25, -0.2) is 8.78 Å². The van der Waals surface area contributed by atoms with Gasteiger partial charge in [0.25, 0.3) is 0 Å². The molecule has 1 aromatic carbocycles. The van der Waals surface area contributed by atoms with E-state index in [1.54, 1.807) is 0 Å². The third-order valence-corrected chi connectivity index (χ3v) is 4.61. The molecule has 0 aliphatic carbocycles. The van der Waals surface area contributed by atoms with E-state index >= 15 is 0 Å². The zero-order valence-corrected chi connectivity index (χ0v) is 11.9. The van der Waals surface area contributed by atoms with Gasteiger partial charge < -0.3 is 0 Å². The third-order valence-electron chi connectivity index (χ3n) is 1.78. The summed E-state index contributed by atoms with van der Waals surface area (Å²) in [4.78, 5) is 0.356. The van der Waals surface area contributed by atoms with Crippen LogP contribution in [0.2, 0.25) is 0 Å². The lowest BCUT2D eigenvalue weighted by atomic mass is 10.4. The molecule has 0 fully saturated rings. The summed E-state index contributed by atoms with van der Waals surface area (Å²) >= 11 is 0.376. The molecule has 0 saturated carbocycles. The van der Waals surface area contributed by atoms with Crippen LogP contribution in [0.25, 0.3) is 0 Å². The molecule has 114 valence electrons. The third kappa shape index (κ3) is 6.49. The molecule has 10 heteroatoms. The Labute approximate surface area is 122 Å². The van der Waals surface area contributed by atoms with Crippen LogP contribution in [-0.2, 0) is 0 Å². The fourth-order valence-electron chi connectivity index (χ4n) is 0.970. The maximum atomic E-state index is 12.7. The Balaban J connectivity index is 2.52. The van der Waals surface area contributed by atoms with Crippen LogP contribution in [0, 0.1) is 0 Å². The first kappa shape index (κ1) is 17.8. The molecule has 0 atom stereocenters. The summed E-state index contributed by atoms with van der Waals surface area (Å²) in [6.45, 7) is 0. The Hall–Kier alpha value is -0.220. The van der Waals surface area contributed by atoms with Crippen molar-refractivity contribution in [1.82, 2.24) is 0 Å². The second kappa shape index (κ2) is 7.17. The maximum Gasteiger partial charge on any atom is 0.442 e. The summed E-state index contributed by atoms with van der Waals surface area (Å²) < 4.78 is 85.1. The van der Waals surface area contributed by atoms with Crippen molar-refractivity contribution in [2.24, 2.45) is 0 Å². The Morgan fingerprint density at radius 2 is 1.40 bits per heavy atom. The molecule has 0 spiro atoms. The largest absolute Gasteiger partial charge is 0.442 e. The SMILES string of the molecule is FC(F)C(F)(F)Sc1ccc(SCSC(F)(F)F)cc1. The minimum absolute atomic E-state index is 0.0804. The second-order valence-electron chi connectivity index (χ2n) is 3.29. The molecule has 0 radical (unpaired) electrons. The molecule has 0 saturated heterocycles. The van der Waals surface area contributed by atoms with E-state index in [9.17, 15) is 30.7 Å². The monoisotopic (exact) mass is 356 g/mol. The lowest BCUT2D eigenvalue weighted by Gasteiger charge is -2.14. The molecule has 0 unspecified atom stereocenters. The lowest BCUT2D eigenvalue weighted by Crippen LogP contribution is -2.21. The zero-order valence-electron chi connectivity index (χ0n) is 9.46. The van der Waals surface area contributed by atoms with Gasteiger partial charge in [-0.1, -0.05) is 0 Å². The molecular formula is C10H7F7S3. The molecule has 1 aromatic rings. The number of alkyl halides is 7. The van der Waals surface area contributed by atoms with Gasteiger partial charge in [-0.3, -0.25) is 0 Å². The van der Waals surface area contributed by atoms with Crippen LogP contribution in [-0.4, -0.2) is 22.3 Å². The van der Waals surface area contributed by atoms with E-state index in [4.69, 9.17) is 0 Å². The highest BCUT2D eigenvalue weighted by molar-refractivity contribution is 8.16. The van der Waals surface area contributed by atoms with Gasteiger partial charge in [0.2, 0.25) is 0 Å². The summed E-state index contributed by atoms with van der Waals surface area (Å²) in [5.74, 6) is 0. The van der Waals surface area contributed by atoms with Crippen LogP contribution in [0.5, 0.6) is 0 Å². The molecule has 0 amide bonds. The maximum absolute atomic E-state index is 12.7. The highest BCUT2D eigenvalue weighted by atomic mass is 32.2. The fourth-order valence-corrected chi connectivity index (χ4v) is 3.29. The molecule has 1 rings (SSSR count). The number of thioether (sulfide) groups is 3. The first-order valence-corrected chi connectivity index (χ1v) is 7.67. The van der Waals surface area contributed by atoms with Crippen molar-refractivity contribution >= 4 is 35.3 Å². The van der Waals surface area contributed by atoms with E-state index in [1.165, 1.54) is 24.3 Å². The van der Waals surface area contributed by atoms with E-state index in [-0.39, 0.29) is 33.5 Å². The zero-order chi connectivity index (χ0) is 15.4. The first-order chi connectivity index (χ1) is 9.10. The predicted molar refractivity (Wildman–Crippen MR) is 67.6 cm³/mol. The average molecular weight is 356 g/mol. The van der Waals surface area contributed by atoms with E-state index in [1.807, 2.05) is 0 Å². The smallest absolute Gasteiger partial charge is 0.202 e. The van der Waals surface area contributed by atoms with Crippen molar-refractivity contribution in [2.45, 2.75) is 27.0 Å². The van der Waals surface area contributed by atoms with Crippen molar-refractivity contribution < 1.29 is 30.7 Å². The molecular weight excluding hydrogens is 349 g/mol. The van der Waals surface area contributed by atoms with Gasteiger partial charge in [-0.2, -0.15) is 22.0 Å². The predicted octanol–water partition coefficient (Wildman–Crippen LogP) is 5.94. The topological polar surface area (TPSA) is 0 Å². The van der Waals surface area contributed by atoms with Gasteiger partial charge in [-0.05, 0) is 47.8 Å². The molecule has 20 heavy (non-hydrogen) atoms. The van der Waals surface area contributed by atoms with Gasteiger partial charge in [0.1, 0.15) is 0 Å². The fraction of sp³-hybridized carbons (Fsp3) is 0.400. The van der Waals surface area contributed by atoms with Crippen molar-refractivity contribution in [3.63, 3.8) is 0 Å². The Morgan fingerprint density at radius 3 is 1.85 bits per heavy atom. The number of benzene rings is 1. The molecule has 0 aliphatic heterocycles. The van der Waals surface area contributed by atoms with Crippen LogP contribution in [0.15, 0.2) is 34.1 Å². The number of rotatable bonds is 6. The van der Waals surface area contributed by atoms with Crippen molar-refractivity contribution in [3.8, 4) is 0 Å². The summed E-state index contributed by atoms with van der Waals surface area (Å²) in [7, 11) is 0. The summed E-state index contributed by atoms with van der Waals surface area (Å²) in [6, 6.07) is 4.96. The summed E-state index contributed by atoms with van der Waals surface area (Å²) in [6.07, 6.45) is -3.79. The number of hydrogen-bond acceptors (Lipinski definition) is 3. The molecule has 0 bridgehead atoms. The van der Waals surface area contributed by atoms with Gasteiger partial charge in [0.05, 0.1) is 5.08 Å². The lowest BCUT2D eigenvalue weighted by molar-refractivity contribution is -0.0563. The van der Waals surface area contributed by atoms with Gasteiger partial charge in [0, 0.05) is 9.79 Å². The molecule has 0 heterocycles. The Morgan fingerprint density at radius 1 is 0.900 bits per heavy atom. The highest BCUT2D eigenvalue weighted by Crippen LogP contribution is 2.41. The van der Waals surface area contributed by atoms with Gasteiger partial charge >= 0.3 is 17.2 Å². The van der Waals surface area contributed by atoms with E-state index in [0.29, 0.717) is 4.90 Å². The van der Waals surface area contributed by atoms with Crippen LogP contribution in [0.1, 0.15) is 0 Å². The van der Waals surface area contributed by atoms with Crippen molar-refractivity contribution in [2.75, 3.05) is 5.08 Å². The minimum Gasteiger partial charge on any atom is -0.202 e.